The molecule has 1 aliphatic rings. The minimum absolute atomic E-state index is 0.0860. The minimum atomic E-state index is 0.0860. The van der Waals surface area contributed by atoms with Crippen molar-refractivity contribution in [3.05, 3.63) is 28.2 Å². The van der Waals surface area contributed by atoms with Crippen LogP contribution in [0.4, 0.5) is 5.69 Å². The number of likely N-dealkylation sites (N-methyl/N-ethyl adjacent to an activating group) is 1. The molecule has 0 bridgehead atoms. The fourth-order valence-corrected chi connectivity index (χ4v) is 3.28. The summed E-state index contributed by atoms with van der Waals surface area (Å²) in [5, 5.41) is 0. The molecule has 0 aromatic heterocycles. The zero-order chi connectivity index (χ0) is 15.4. The van der Waals surface area contributed by atoms with Crippen molar-refractivity contribution in [3.63, 3.8) is 0 Å². The molecule has 4 nitrogen and oxygen atoms in total. The van der Waals surface area contributed by atoms with Crippen LogP contribution in [0, 0.1) is 0 Å². The Morgan fingerprint density at radius 1 is 1.29 bits per heavy atom. The molecule has 2 N–H and O–H groups in total. The number of carbonyl (C=O) groups excluding carboxylic acids is 1. The molecular formula is C16H24BrN3O. The first kappa shape index (κ1) is 16.3. The highest BCUT2D eigenvalue weighted by molar-refractivity contribution is 9.10. The maximum atomic E-state index is 12.9. The molecule has 1 saturated carbocycles. The molecule has 1 aromatic rings. The molecular weight excluding hydrogens is 330 g/mol. The van der Waals surface area contributed by atoms with Crippen molar-refractivity contribution in [1.82, 2.24) is 9.80 Å². The van der Waals surface area contributed by atoms with Gasteiger partial charge in [-0.1, -0.05) is 18.9 Å². The van der Waals surface area contributed by atoms with Gasteiger partial charge in [-0.15, -0.1) is 0 Å². The van der Waals surface area contributed by atoms with Gasteiger partial charge in [-0.05, 0) is 55.0 Å². The molecule has 116 valence electrons. The summed E-state index contributed by atoms with van der Waals surface area (Å²) in [4.78, 5) is 17.1. The number of nitrogens with two attached hydrogens (primary N) is 1. The van der Waals surface area contributed by atoms with Crippen molar-refractivity contribution in [2.75, 3.05) is 32.9 Å². The summed E-state index contributed by atoms with van der Waals surface area (Å²) in [6.45, 7) is 1.64. The molecule has 1 aliphatic carbocycles. The van der Waals surface area contributed by atoms with Crippen molar-refractivity contribution < 1.29 is 4.79 Å². The topological polar surface area (TPSA) is 49.6 Å². The largest absolute Gasteiger partial charge is 0.398 e. The number of hydrogen-bond donors (Lipinski definition) is 1. The number of rotatable bonds is 5. The SMILES string of the molecule is CN(C)CCN(C(=O)c1cccc(N)c1Br)C1CCCC1. The standard InChI is InChI=1S/C16H24BrN3O/c1-19(2)10-11-20(12-6-3-4-7-12)16(21)13-8-5-9-14(18)15(13)17/h5,8-9,12H,3-4,6-7,10-11,18H2,1-2H3. The van der Waals surface area contributed by atoms with Crippen molar-refractivity contribution in [2.24, 2.45) is 0 Å². The molecule has 1 fully saturated rings. The summed E-state index contributed by atoms with van der Waals surface area (Å²) in [5.74, 6) is 0.0860. The first-order valence-corrected chi connectivity index (χ1v) is 8.29. The summed E-state index contributed by atoms with van der Waals surface area (Å²) in [5.41, 5.74) is 7.19. The van der Waals surface area contributed by atoms with Gasteiger partial charge in [0.25, 0.3) is 5.91 Å². The normalized spacial score (nSPS) is 15.6. The number of hydrogen-bond acceptors (Lipinski definition) is 3. The summed E-state index contributed by atoms with van der Waals surface area (Å²) in [7, 11) is 4.07. The summed E-state index contributed by atoms with van der Waals surface area (Å²) >= 11 is 3.45. The van der Waals surface area contributed by atoms with E-state index in [9.17, 15) is 4.79 Å². The lowest BCUT2D eigenvalue weighted by molar-refractivity contribution is 0.0667. The summed E-state index contributed by atoms with van der Waals surface area (Å²) < 4.78 is 0.711. The van der Waals surface area contributed by atoms with E-state index in [0.717, 1.165) is 25.9 Å². The first-order chi connectivity index (χ1) is 10.0. The van der Waals surface area contributed by atoms with Gasteiger partial charge in [-0.2, -0.15) is 0 Å². The van der Waals surface area contributed by atoms with Crippen LogP contribution in [0.3, 0.4) is 0 Å². The van der Waals surface area contributed by atoms with Crippen LogP contribution in [0.25, 0.3) is 0 Å². The van der Waals surface area contributed by atoms with E-state index in [2.05, 4.69) is 20.8 Å². The number of carbonyl (C=O) groups is 1. The highest BCUT2D eigenvalue weighted by atomic mass is 79.9. The van der Waals surface area contributed by atoms with E-state index in [-0.39, 0.29) is 5.91 Å². The molecule has 5 heteroatoms. The highest BCUT2D eigenvalue weighted by Gasteiger charge is 2.28. The van der Waals surface area contributed by atoms with Crippen LogP contribution in [-0.2, 0) is 0 Å². The zero-order valence-electron chi connectivity index (χ0n) is 12.8. The van der Waals surface area contributed by atoms with Crippen LogP contribution >= 0.6 is 15.9 Å². The molecule has 0 radical (unpaired) electrons. The number of halogens is 1. The van der Waals surface area contributed by atoms with Crippen molar-refractivity contribution in [1.29, 1.82) is 0 Å². The highest BCUT2D eigenvalue weighted by Crippen LogP contribution is 2.29. The van der Waals surface area contributed by atoms with Crippen LogP contribution < -0.4 is 5.73 Å². The first-order valence-electron chi connectivity index (χ1n) is 7.50. The number of benzene rings is 1. The zero-order valence-corrected chi connectivity index (χ0v) is 14.4. The Labute approximate surface area is 135 Å². The van der Waals surface area contributed by atoms with Gasteiger partial charge in [0.1, 0.15) is 0 Å². The average Bonchev–Trinajstić information content (AvgIpc) is 2.95. The van der Waals surface area contributed by atoms with Crippen LogP contribution in [0.5, 0.6) is 0 Å². The number of nitrogens with zero attached hydrogens (tertiary/aromatic N) is 2. The average molecular weight is 354 g/mol. The van der Waals surface area contributed by atoms with Gasteiger partial charge in [0.2, 0.25) is 0 Å². The Kier molecular flexibility index (Phi) is 5.65. The predicted molar refractivity (Wildman–Crippen MR) is 90.4 cm³/mol. The molecule has 0 atom stereocenters. The maximum absolute atomic E-state index is 12.9. The Balaban J connectivity index is 2.22. The van der Waals surface area contributed by atoms with Crippen LogP contribution in [0.2, 0.25) is 0 Å². The van der Waals surface area contributed by atoms with E-state index in [1.54, 1.807) is 6.07 Å². The van der Waals surface area contributed by atoms with E-state index in [1.807, 2.05) is 31.1 Å². The van der Waals surface area contributed by atoms with Crippen LogP contribution in [-0.4, -0.2) is 48.9 Å². The van der Waals surface area contributed by atoms with E-state index >= 15 is 0 Å². The quantitative estimate of drug-likeness (QED) is 0.827. The monoisotopic (exact) mass is 353 g/mol. The lowest BCUT2D eigenvalue weighted by Crippen LogP contribution is -2.42. The molecule has 2 rings (SSSR count). The molecule has 1 aromatic carbocycles. The molecule has 1 amide bonds. The number of anilines is 1. The number of nitrogen functional groups attached to an aromatic ring is 1. The van der Waals surface area contributed by atoms with Crippen LogP contribution in [0.15, 0.2) is 22.7 Å². The second kappa shape index (κ2) is 7.27. The van der Waals surface area contributed by atoms with Crippen LogP contribution in [0.1, 0.15) is 36.0 Å². The maximum Gasteiger partial charge on any atom is 0.255 e. The van der Waals surface area contributed by atoms with Gasteiger partial charge in [0.05, 0.1) is 10.0 Å². The third kappa shape index (κ3) is 3.98. The van der Waals surface area contributed by atoms with Gasteiger partial charge in [-0.3, -0.25) is 4.79 Å². The lowest BCUT2D eigenvalue weighted by Gasteiger charge is -2.30. The lowest BCUT2D eigenvalue weighted by atomic mass is 10.1. The molecule has 0 unspecified atom stereocenters. The second-order valence-electron chi connectivity index (χ2n) is 5.95. The van der Waals surface area contributed by atoms with Gasteiger partial charge in [-0.25, -0.2) is 0 Å². The third-order valence-corrected chi connectivity index (χ3v) is 4.96. The van der Waals surface area contributed by atoms with Gasteiger partial charge in [0, 0.05) is 24.8 Å². The van der Waals surface area contributed by atoms with Gasteiger partial charge < -0.3 is 15.5 Å². The summed E-state index contributed by atoms with van der Waals surface area (Å²) in [6, 6.07) is 5.86. The molecule has 0 saturated heterocycles. The van der Waals surface area contributed by atoms with Gasteiger partial charge >= 0.3 is 0 Å². The minimum Gasteiger partial charge on any atom is -0.398 e. The number of amides is 1. The fraction of sp³-hybridized carbons (Fsp3) is 0.562. The van der Waals surface area contributed by atoms with Gasteiger partial charge in [0.15, 0.2) is 0 Å². The predicted octanol–water partition coefficient (Wildman–Crippen LogP) is 2.98. The van der Waals surface area contributed by atoms with E-state index < -0.39 is 0 Å². The smallest absolute Gasteiger partial charge is 0.255 e. The van der Waals surface area contributed by atoms with E-state index in [1.165, 1.54) is 12.8 Å². The van der Waals surface area contributed by atoms with Crippen molar-refractivity contribution in [3.8, 4) is 0 Å². The summed E-state index contributed by atoms with van der Waals surface area (Å²) in [6.07, 6.45) is 4.65. The molecule has 21 heavy (non-hydrogen) atoms. The van der Waals surface area contributed by atoms with E-state index in [0.29, 0.717) is 21.8 Å². The Morgan fingerprint density at radius 2 is 1.95 bits per heavy atom. The Morgan fingerprint density at radius 3 is 2.57 bits per heavy atom. The Bertz CT molecular complexity index is 498. The van der Waals surface area contributed by atoms with E-state index in [4.69, 9.17) is 5.73 Å². The second-order valence-corrected chi connectivity index (χ2v) is 6.74. The molecule has 0 heterocycles. The molecule has 0 spiro atoms. The Hall–Kier alpha value is -1.07. The van der Waals surface area contributed by atoms with Crippen molar-refractivity contribution in [2.45, 2.75) is 31.7 Å². The van der Waals surface area contributed by atoms with Crippen molar-refractivity contribution >= 4 is 27.5 Å². The third-order valence-electron chi connectivity index (χ3n) is 4.07. The fourth-order valence-electron chi connectivity index (χ4n) is 2.84. The molecule has 0 aliphatic heterocycles.